The number of hydrazine groups is 1. The molecule has 0 saturated carbocycles. The van der Waals surface area contributed by atoms with Gasteiger partial charge in [-0.15, -0.1) is 0 Å². The fourth-order valence-electron chi connectivity index (χ4n) is 3.31. The summed E-state index contributed by atoms with van der Waals surface area (Å²) in [5.74, 6) is 7.07. The predicted octanol–water partition coefficient (Wildman–Crippen LogP) is 2.63. The summed E-state index contributed by atoms with van der Waals surface area (Å²) in [7, 11) is 1.69. The first-order chi connectivity index (χ1) is 10.2. The summed E-state index contributed by atoms with van der Waals surface area (Å²) in [6.07, 6.45) is 4.01. The number of fused-ring (bicyclic) bond motifs is 1. The van der Waals surface area contributed by atoms with Crippen LogP contribution in [-0.4, -0.2) is 12.1 Å². The first-order valence-corrected chi connectivity index (χ1v) is 7.29. The lowest BCUT2D eigenvalue weighted by molar-refractivity contribution is 0.409. The standard InChI is InChI=1S/C17H21N3O/c1-11-10-13(6-8-15(11)21-2)17(20-18)14-7-5-12-4-3-9-19-16(12)14/h3-4,6,8-10,14,17,20H,5,7,18H2,1-2H3. The van der Waals surface area contributed by atoms with Crippen LogP contribution in [0.4, 0.5) is 0 Å². The van der Waals surface area contributed by atoms with E-state index in [0.29, 0.717) is 5.92 Å². The number of hydrogen-bond acceptors (Lipinski definition) is 4. The third-order valence-electron chi connectivity index (χ3n) is 4.36. The molecule has 0 aliphatic heterocycles. The molecule has 1 aromatic heterocycles. The summed E-state index contributed by atoms with van der Waals surface area (Å²) < 4.78 is 5.33. The molecule has 2 aromatic rings. The largest absolute Gasteiger partial charge is 0.496 e. The van der Waals surface area contributed by atoms with E-state index in [9.17, 15) is 0 Å². The van der Waals surface area contributed by atoms with Gasteiger partial charge in [0.15, 0.2) is 0 Å². The van der Waals surface area contributed by atoms with Gasteiger partial charge in [-0.05, 0) is 48.6 Å². The molecule has 1 heterocycles. The molecule has 0 saturated heterocycles. The van der Waals surface area contributed by atoms with Crippen molar-refractivity contribution in [1.82, 2.24) is 10.4 Å². The first-order valence-electron chi connectivity index (χ1n) is 7.29. The van der Waals surface area contributed by atoms with E-state index < -0.39 is 0 Å². The van der Waals surface area contributed by atoms with Crippen LogP contribution in [0, 0.1) is 6.92 Å². The molecule has 0 fully saturated rings. The molecule has 3 N–H and O–H groups in total. The van der Waals surface area contributed by atoms with Gasteiger partial charge in [0.25, 0.3) is 0 Å². The number of nitrogens with two attached hydrogens (primary N) is 1. The van der Waals surface area contributed by atoms with Crippen molar-refractivity contribution in [2.45, 2.75) is 31.7 Å². The minimum Gasteiger partial charge on any atom is -0.496 e. The van der Waals surface area contributed by atoms with E-state index in [1.165, 1.54) is 16.8 Å². The fraction of sp³-hybridized carbons (Fsp3) is 0.353. The van der Waals surface area contributed by atoms with Gasteiger partial charge >= 0.3 is 0 Å². The summed E-state index contributed by atoms with van der Waals surface area (Å²) in [6.45, 7) is 2.05. The zero-order chi connectivity index (χ0) is 14.8. The molecule has 2 unspecified atom stereocenters. The average molecular weight is 283 g/mol. The zero-order valence-electron chi connectivity index (χ0n) is 12.5. The Labute approximate surface area is 125 Å². The lowest BCUT2D eigenvalue weighted by Crippen LogP contribution is -2.32. The van der Waals surface area contributed by atoms with Crippen LogP contribution < -0.4 is 16.0 Å². The number of nitrogens with one attached hydrogen (secondary N) is 1. The topological polar surface area (TPSA) is 60.2 Å². The Bertz CT molecular complexity index is 642. The van der Waals surface area contributed by atoms with Crippen LogP contribution in [0.2, 0.25) is 0 Å². The number of ether oxygens (including phenoxy) is 1. The molecule has 1 aliphatic rings. The second kappa shape index (κ2) is 5.84. The van der Waals surface area contributed by atoms with E-state index in [-0.39, 0.29) is 6.04 Å². The minimum atomic E-state index is 0.0748. The molecule has 0 amide bonds. The molecular weight excluding hydrogens is 262 g/mol. The number of aromatic nitrogens is 1. The smallest absolute Gasteiger partial charge is 0.121 e. The van der Waals surface area contributed by atoms with E-state index >= 15 is 0 Å². The molecule has 2 atom stereocenters. The second-order valence-corrected chi connectivity index (χ2v) is 5.57. The maximum atomic E-state index is 5.85. The van der Waals surface area contributed by atoms with Crippen LogP contribution in [0.25, 0.3) is 0 Å². The third-order valence-corrected chi connectivity index (χ3v) is 4.36. The average Bonchev–Trinajstić information content (AvgIpc) is 2.93. The van der Waals surface area contributed by atoms with Crippen molar-refractivity contribution in [2.75, 3.05) is 7.11 Å². The fourth-order valence-corrected chi connectivity index (χ4v) is 3.31. The highest BCUT2D eigenvalue weighted by Crippen LogP contribution is 2.40. The monoisotopic (exact) mass is 283 g/mol. The molecule has 1 aromatic carbocycles. The summed E-state index contributed by atoms with van der Waals surface area (Å²) in [5.41, 5.74) is 7.80. The second-order valence-electron chi connectivity index (χ2n) is 5.57. The Hall–Kier alpha value is -1.91. The van der Waals surface area contributed by atoms with Crippen LogP contribution >= 0.6 is 0 Å². The number of pyridine rings is 1. The maximum absolute atomic E-state index is 5.85. The first kappa shape index (κ1) is 14.0. The highest BCUT2D eigenvalue weighted by Gasteiger charge is 2.31. The van der Waals surface area contributed by atoms with Gasteiger partial charge in [-0.1, -0.05) is 18.2 Å². The van der Waals surface area contributed by atoms with Gasteiger partial charge < -0.3 is 4.74 Å². The lowest BCUT2D eigenvalue weighted by Gasteiger charge is -2.24. The Morgan fingerprint density at radius 3 is 2.95 bits per heavy atom. The van der Waals surface area contributed by atoms with Crippen LogP contribution in [-0.2, 0) is 6.42 Å². The van der Waals surface area contributed by atoms with E-state index in [2.05, 4.69) is 35.5 Å². The Kier molecular flexibility index (Phi) is 3.90. The van der Waals surface area contributed by atoms with Crippen molar-refractivity contribution in [1.29, 1.82) is 0 Å². The molecule has 1 aliphatic carbocycles. The summed E-state index contributed by atoms with van der Waals surface area (Å²) in [5, 5.41) is 0. The summed E-state index contributed by atoms with van der Waals surface area (Å²) in [4.78, 5) is 4.57. The van der Waals surface area contributed by atoms with Gasteiger partial charge in [0.05, 0.1) is 13.2 Å². The van der Waals surface area contributed by atoms with Gasteiger partial charge in [0, 0.05) is 17.8 Å². The number of hydrogen-bond donors (Lipinski definition) is 2. The molecule has 21 heavy (non-hydrogen) atoms. The van der Waals surface area contributed by atoms with Gasteiger partial charge in [0.2, 0.25) is 0 Å². The van der Waals surface area contributed by atoms with Crippen molar-refractivity contribution < 1.29 is 4.74 Å². The van der Waals surface area contributed by atoms with Crippen LogP contribution in [0.3, 0.4) is 0 Å². The number of methoxy groups -OCH3 is 1. The van der Waals surface area contributed by atoms with Crippen LogP contribution in [0.15, 0.2) is 36.5 Å². The lowest BCUT2D eigenvalue weighted by atomic mass is 9.90. The van der Waals surface area contributed by atoms with Gasteiger partial charge in [-0.25, -0.2) is 0 Å². The number of benzene rings is 1. The Balaban J connectivity index is 1.95. The molecule has 3 rings (SSSR count). The number of aryl methyl sites for hydroxylation is 2. The van der Waals surface area contributed by atoms with Crippen LogP contribution in [0.1, 0.15) is 40.8 Å². The van der Waals surface area contributed by atoms with E-state index in [1.807, 2.05) is 18.3 Å². The van der Waals surface area contributed by atoms with Crippen molar-refractivity contribution in [2.24, 2.45) is 5.84 Å². The maximum Gasteiger partial charge on any atom is 0.121 e. The Morgan fingerprint density at radius 2 is 2.24 bits per heavy atom. The zero-order valence-corrected chi connectivity index (χ0v) is 12.5. The SMILES string of the molecule is COc1ccc(C(NN)C2CCc3cccnc32)cc1C. The van der Waals surface area contributed by atoms with E-state index in [4.69, 9.17) is 10.6 Å². The van der Waals surface area contributed by atoms with Gasteiger partial charge in [-0.2, -0.15) is 0 Å². The normalized spacial score (nSPS) is 18.3. The van der Waals surface area contributed by atoms with E-state index in [0.717, 1.165) is 24.2 Å². The molecule has 4 heteroatoms. The molecular formula is C17H21N3O. The molecule has 0 radical (unpaired) electrons. The van der Waals surface area contributed by atoms with Crippen molar-refractivity contribution in [3.63, 3.8) is 0 Å². The van der Waals surface area contributed by atoms with E-state index in [1.54, 1.807) is 7.11 Å². The predicted molar refractivity (Wildman–Crippen MR) is 83.1 cm³/mol. The van der Waals surface area contributed by atoms with Crippen molar-refractivity contribution in [3.05, 3.63) is 58.9 Å². The molecule has 4 nitrogen and oxygen atoms in total. The molecule has 0 spiro atoms. The highest BCUT2D eigenvalue weighted by atomic mass is 16.5. The van der Waals surface area contributed by atoms with Crippen LogP contribution in [0.5, 0.6) is 5.75 Å². The molecule has 110 valence electrons. The number of rotatable bonds is 4. The summed E-state index contributed by atoms with van der Waals surface area (Å²) >= 11 is 0. The Morgan fingerprint density at radius 1 is 1.38 bits per heavy atom. The summed E-state index contributed by atoms with van der Waals surface area (Å²) in [6, 6.07) is 10.5. The van der Waals surface area contributed by atoms with Gasteiger partial charge in [-0.3, -0.25) is 16.3 Å². The molecule has 0 bridgehead atoms. The number of nitrogens with zero attached hydrogens (tertiary/aromatic N) is 1. The van der Waals surface area contributed by atoms with Gasteiger partial charge in [0.1, 0.15) is 5.75 Å². The van der Waals surface area contributed by atoms with Crippen molar-refractivity contribution in [3.8, 4) is 5.75 Å². The quantitative estimate of drug-likeness (QED) is 0.669. The minimum absolute atomic E-state index is 0.0748. The highest BCUT2D eigenvalue weighted by molar-refractivity contribution is 5.40. The van der Waals surface area contributed by atoms with Crippen molar-refractivity contribution >= 4 is 0 Å². The third kappa shape index (κ3) is 2.52.